The number of hydrogen-bond acceptors (Lipinski definition) is 5. The molecule has 0 aliphatic heterocycles. The second-order valence-electron chi connectivity index (χ2n) is 5.80. The Morgan fingerprint density at radius 1 is 1.00 bits per heavy atom. The fourth-order valence-corrected chi connectivity index (χ4v) is 3.33. The van der Waals surface area contributed by atoms with E-state index in [4.69, 9.17) is 9.47 Å². The van der Waals surface area contributed by atoms with Gasteiger partial charge in [0, 0.05) is 32.4 Å². The molecule has 146 valence electrons. The molecule has 0 saturated heterocycles. The molecule has 2 aromatic carbocycles. The molecule has 1 amide bonds. The van der Waals surface area contributed by atoms with Gasteiger partial charge in [0.25, 0.3) is 5.91 Å². The average Bonchev–Trinajstić information content (AvgIpc) is 2.70. The average molecular weight is 392 g/mol. The lowest BCUT2D eigenvalue weighted by Crippen LogP contribution is -2.25. The highest BCUT2D eigenvalue weighted by Crippen LogP contribution is 2.15. The summed E-state index contributed by atoms with van der Waals surface area (Å²) in [6, 6.07) is 12.9. The fourth-order valence-electron chi connectivity index (χ4n) is 2.31. The van der Waals surface area contributed by atoms with Crippen molar-refractivity contribution in [2.75, 3.05) is 27.4 Å². The highest BCUT2D eigenvalue weighted by atomic mass is 32.2. The van der Waals surface area contributed by atoms with Crippen molar-refractivity contribution in [3.8, 4) is 5.75 Å². The first-order valence-corrected chi connectivity index (χ1v) is 9.94. The summed E-state index contributed by atoms with van der Waals surface area (Å²) in [6.45, 7) is 1.26. The molecule has 2 N–H and O–H groups in total. The van der Waals surface area contributed by atoms with Crippen molar-refractivity contribution in [1.29, 1.82) is 0 Å². The van der Waals surface area contributed by atoms with E-state index in [0.29, 0.717) is 24.5 Å². The van der Waals surface area contributed by atoms with Crippen molar-refractivity contribution in [1.82, 2.24) is 10.0 Å². The fraction of sp³-hybridized carbons (Fsp3) is 0.316. The number of benzene rings is 2. The number of amides is 1. The second kappa shape index (κ2) is 10.1. The van der Waals surface area contributed by atoms with Gasteiger partial charge in [-0.2, -0.15) is 0 Å². The molecular formula is C19H24N2O5S. The van der Waals surface area contributed by atoms with Crippen LogP contribution in [0, 0.1) is 0 Å². The highest BCUT2D eigenvalue weighted by molar-refractivity contribution is 7.89. The van der Waals surface area contributed by atoms with E-state index in [9.17, 15) is 13.2 Å². The van der Waals surface area contributed by atoms with Crippen LogP contribution in [-0.2, 0) is 21.3 Å². The third-order valence-corrected chi connectivity index (χ3v) is 5.28. The zero-order chi connectivity index (χ0) is 19.7. The Kier molecular flexibility index (Phi) is 7.78. The Hall–Kier alpha value is -2.42. The summed E-state index contributed by atoms with van der Waals surface area (Å²) in [7, 11) is -0.490. The van der Waals surface area contributed by atoms with Crippen LogP contribution in [0.1, 0.15) is 22.3 Å². The van der Waals surface area contributed by atoms with Crippen LogP contribution in [-0.4, -0.2) is 41.7 Å². The molecule has 0 radical (unpaired) electrons. The van der Waals surface area contributed by atoms with Gasteiger partial charge in [0.15, 0.2) is 0 Å². The maximum absolute atomic E-state index is 12.3. The van der Waals surface area contributed by atoms with Crippen LogP contribution >= 0.6 is 0 Å². The minimum atomic E-state index is -3.62. The van der Waals surface area contributed by atoms with Crippen molar-refractivity contribution in [2.24, 2.45) is 0 Å². The normalized spacial score (nSPS) is 11.2. The maximum Gasteiger partial charge on any atom is 0.251 e. The van der Waals surface area contributed by atoms with Gasteiger partial charge in [0.2, 0.25) is 10.0 Å². The molecule has 0 aliphatic rings. The highest BCUT2D eigenvalue weighted by Gasteiger charge is 2.14. The summed E-state index contributed by atoms with van der Waals surface area (Å²) in [4.78, 5) is 12.2. The quantitative estimate of drug-likeness (QED) is 0.603. The molecule has 0 bridgehead atoms. The molecule has 0 fully saturated rings. The topological polar surface area (TPSA) is 93.7 Å². The van der Waals surface area contributed by atoms with Crippen LogP contribution in [0.25, 0.3) is 0 Å². The van der Waals surface area contributed by atoms with Crippen LogP contribution in [0.5, 0.6) is 5.75 Å². The van der Waals surface area contributed by atoms with Gasteiger partial charge < -0.3 is 14.8 Å². The summed E-state index contributed by atoms with van der Waals surface area (Å²) >= 11 is 0. The molecule has 0 aromatic heterocycles. The van der Waals surface area contributed by atoms with Crippen molar-refractivity contribution >= 4 is 15.9 Å². The van der Waals surface area contributed by atoms with Gasteiger partial charge in [0.05, 0.1) is 12.0 Å². The number of carbonyl (C=O) groups excluding carboxylic acids is 1. The number of sulfonamides is 1. The standard InChI is InChI=1S/C19H24N2O5S/c1-25-13-3-12-20-19(22)16-6-4-15(5-7-16)14-21-27(23,24)18-10-8-17(26-2)9-11-18/h4-11,21H,3,12-14H2,1-2H3,(H,20,22). The molecule has 8 heteroatoms. The molecule has 0 atom stereocenters. The zero-order valence-corrected chi connectivity index (χ0v) is 16.2. The number of methoxy groups -OCH3 is 2. The largest absolute Gasteiger partial charge is 0.497 e. The lowest BCUT2D eigenvalue weighted by Gasteiger charge is -2.09. The van der Waals surface area contributed by atoms with Gasteiger partial charge in [-0.3, -0.25) is 4.79 Å². The number of hydrogen-bond donors (Lipinski definition) is 2. The summed E-state index contributed by atoms with van der Waals surface area (Å²) in [6.07, 6.45) is 0.744. The van der Waals surface area contributed by atoms with Crippen molar-refractivity contribution in [3.63, 3.8) is 0 Å². The third kappa shape index (κ3) is 6.35. The molecule has 2 rings (SSSR count). The second-order valence-corrected chi connectivity index (χ2v) is 7.57. The number of carbonyl (C=O) groups is 1. The molecule has 0 saturated carbocycles. The van der Waals surface area contributed by atoms with Crippen LogP contribution in [0.4, 0.5) is 0 Å². The Labute approximate surface area is 159 Å². The number of ether oxygens (including phenoxy) is 2. The van der Waals surface area contributed by atoms with Crippen molar-refractivity contribution in [2.45, 2.75) is 17.9 Å². The van der Waals surface area contributed by atoms with Crippen LogP contribution < -0.4 is 14.8 Å². The molecular weight excluding hydrogens is 368 g/mol. The first kappa shape index (κ1) is 20.9. The van der Waals surface area contributed by atoms with E-state index in [2.05, 4.69) is 10.0 Å². The van der Waals surface area contributed by atoms with E-state index in [1.54, 1.807) is 43.5 Å². The minimum Gasteiger partial charge on any atom is -0.497 e. The van der Waals surface area contributed by atoms with Crippen LogP contribution in [0.2, 0.25) is 0 Å². The molecule has 0 unspecified atom stereocenters. The molecule has 0 spiro atoms. The predicted molar refractivity (Wildman–Crippen MR) is 102 cm³/mol. The van der Waals surface area contributed by atoms with E-state index in [-0.39, 0.29) is 17.3 Å². The molecule has 7 nitrogen and oxygen atoms in total. The summed E-state index contributed by atoms with van der Waals surface area (Å²) in [5.41, 5.74) is 1.28. The first-order valence-electron chi connectivity index (χ1n) is 8.46. The van der Waals surface area contributed by atoms with Gasteiger partial charge in [-0.25, -0.2) is 13.1 Å². The zero-order valence-electron chi connectivity index (χ0n) is 15.4. The van der Waals surface area contributed by atoms with Crippen LogP contribution in [0.15, 0.2) is 53.4 Å². The van der Waals surface area contributed by atoms with Gasteiger partial charge in [-0.1, -0.05) is 12.1 Å². The van der Waals surface area contributed by atoms with E-state index in [1.807, 2.05) is 0 Å². The van der Waals surface area contributed by atoms with E-state index in [1.165, 1.54) is 19.2 Å². The first-order chi connectivity index (χ1) is 13.0. The molecule has 2 aromatic rings. The Balaban J connectivity index is 1.91. The van der Waals surface area contributed by atoms with Crippen molar-refractivity contribution in [3.05, 3.63) is 59.7 Å². The number of rotatable bonds is 10. The minimum absolute atomic E-state index is 0.129. The van der Waals surface area contributed by atoms with Crippen LogP contribution in [0.3, 0.4) is 0 Å². The predicted octanol–water partition coefficient (Wildman–Crippen LogP) is 1.94. The Morgan fingerprint density at radius 3 is 2.26 bits per heavy atom. The maximum atomic E-state index is 12.3. The summed E-state index contributed by atoms with van der Waals surface area (Å²) < 4.78 is 37.1. The van der Waals surface area contributed by atoms with Gasteiger partial charge in [0.1, 0.15) is 5.75 Å². The lowest BCUT2D eigenvalue weighted by atomic mass is 10.1. The smallest absolute Gasteiger partial charge is 0.251 e. The van der Waals surface area contributed by atoms with E-state index >= 15 is 0 Å². The van der Waals surface area contributed by atoms with E-state index in [0.717, 1.165) is 12.0 Å². The molecule has 0 aliphatic carbocycles. The monoisotopic (exact) mass is 392 g/mol. The Morgan fingerprint density at radius 2 is 1.67 bits per heavy atom. The summed E-state index contributed by atoms with van der Waals surface area (Å²) in [5, 5.41) is 2.80. The lowest BCUT2D eigenvalue weighted by molar-refractivity contribution is 0.0948. The van der Waals surface area contributed by atoms with Gasteiger partial charge in [-0.15, -0.1) is 0 Å². The van der Waals surface area contributed by atoms with Gasteiger partial charge in [-0.05, 0) is 48.4 Å². The number of nitrogens with one attached hydrogen (secondary N) is 2. The van der Waals surface area contributed by atoms with E-state index < -0.39 is 10.0 Å². The molecule has 0 heterocycles. The van der Waals surface area contributed by atoms with Crippen molar-refractivity contribution < 1.29 is 22.7 Å². The van der Waals surface area contributed by atoms with Gasteiger partial charge >= 0.3 is 0 Å². The molecule has 27 heavy (non-hydrogen) atoms. The third-order valence-electron chi connectivity index (χ3n) is 3.86. The SMILES string of the molecule is COCCCNC(=O)c1ccc(CNS(=O)(=O)c2ccc(OC)cc2)cc1. The Bertz CT molecular complexity index is 833. The summed E-state index contributed by atoms with van der Waals surface area (Å²) in [5.74, 6) is 0.418.